The minimum atomic E-state index is 1.07. The van der Waals surface area contributed by atoms with Gasteiger partial charge >= 0.3 is 0 Å². The molecular weight excluding hydrogens is 129 g/mol. The molecule has 1 saturated heterocycles. The molecule has 48 valence electrons. The van der Waals surface area contributed by atoms with E-state index in [-0.39, 0.29) is 0 Å². The highest BCUT2D eigenvalue weighted by Gasteiger charge is 2.02. The smallest absolute Gasteiger partial charge is 0.0911 e. The molecule has 0 N–H and O–H groups in total. The predicted octanol–water partition coefficient (Wildman–Crippen LogP) is 1.91. The SMILES string of the molecule is N#CC=C1CCCPC1. The largest absolute Gasteiger partial charge is 0.193 e. The molecule has 1 heterocycles. The zero-order valence-corrected chi connectivity index (χ0v) is 6.35. The van der Waals surface area contributed by atoms with Gasteiger partial charge < -0.3 is 0 Å². The Kier molecular flexibility index (Phi) is 2.74. The van der Waals surface area contributed by atoms with E-state index in [2.05, 4.69) is 6.07 Å². The fourth-order valence-electron chi connectivity index (χ4n) is 0.992. The monoisotopic (exact) mass is 139 g/mol. The molecule has 9 heavy (non-hydrogen) atoms. The summed E-state index contributed by atoms with van der Waals surface area (Å²) >= 11 is 0. The van der Waals surface area contributed by atoms with Crippen molar-refractivity contribution in [3.63, 3.8) is 0 Å². The summed E-state index contributed by atoms with van der Waals surface area (Å²) in [6.45, 7) is 0. The quantitative estimate of drug-likeness (QED) is 0.371. The summed E-state index contributed by atoms with van der Waals surface area (Å²) in [5.41, 5.74) is 1.36. The Morgan fingerprint density at radius 2 is 2.56 bits per heavy atom. The van der Waals surface area contributed by atoms with Crippen molar-refractivity contribution in [3.8, 4) is 6.07 Å². The first-order chi connectivity index (χ1) is 4.43. The van der Waals surface area contributed by atoms with Crippen LogP contribution in [0.5, 0.6) is 0 Å². The first kappa shape index (κ1) is 6.78. The second-order valence-electron chi connectivity index (χ2n) is 2.21. The second kappa shape index (κ2) is 3.64. The average Bonchev–Trinajstić information content (AvgIpc) is 1.91. The van der Waals surface area contributed by atoms with E-state index < -0.39 is 0 Å². The van der Waals surface area contributed by atoms with E-state index in [1.54, 1.807) is 6.08 Å². The minimum Gasteiger partial charge on any atom is -0.193 e. The molecule has 1 unspecified atom stereocenters. The van der Waals surface area contributed by atoms with Gasteiger partial charge in [-0.05, 0) is 25.2 Å². The van der Waals surface area contributed by atoms with Crippen molar-refractivity contribution in [1.82, 2.24) is 0 Å². The molecule has 1 atom stereocenters. The molecule has 0 aromatic heterocycles. The van der Waals surface area contributed by atoms with Crippen LogP contribution in [-0.4, -0.2) is 12.3 Å². The number of nitriles is 1. The van der Waals surface area contributed by atoms with Gasteiger partial charge in [0.25, 0.3) is 0 Å². The van der Waals surface area contributed by atoms with Crippen LogP contribution in [0.25, 0.3) is 0 Å². The summed E-state index contributed by atoms with van der Waals surface area (Å²) < 4.78 is 0. The molecule has 1 nitrogen and oxygen atoms in total. The van der Waals surface area contributed by atoms with Gasteiger partial charge in [-0.3, -0.25) is 0 Å². The van der Waals surface area contributed by atoms with Gasteiger partial charge in [-0.2, -0.15) is 5.26 Å². The summed E-state index contributed by atoms with van der Waals surface area (Å²) in [7, 11) is 1.07. The molecule has 0 aliphatic carbocycles. The Labute approximate surface area is 57.5 Å². The van der Waals surface area contributed by atoms with Gasteiger partial charge in [0, 0.05) is 6.08 Å². The lowest BCUT2D eigenvalue weighted by Gasteiger charge is -2.11. The van der Waals surface area contributed by atoms with Crippen LogP contribution in [0.2, 0.25) is 0 Å². The highest BCUT2D eigenvalue weighted by atomic mass is 31.1. The number of nitrogens with zero attached hydrogens (tertiary/aromatic N) is 1. The summed E-state index contributed by atoms with van der Waals surface area (Å²) in [4.78, 5) is 0. The average molecular weight is 139 g/mol. The van der Waals surface area contributed by atoms with Crippen molar-refractivity contribution in [2.75, 3.05) is 12.3 Å². The van der Waals surface area contributed by atoms with Crippen LogP contribution >= 0.6 is 8.58 Å². The van der Waals surface area contributed by atoms with Gasteiger partial charge in [-0.1, -0.05) is 5.57 Å². The normalized spacial score (nSPS) is 26.3. The molecule has 0 aromatic rings. The number of allylic oxidation sites excluding steroid dienone is 2. The van der Waals surface area contributed by atoms with E-state index in [1.165, 1.54) is 30.7 Å². The highest BCUT2D eigenvalue weighted by molar-refractivity contribution is 7.38. The summed E-state index contributed by atoms with van der Waals surface area (Å²) in [5, 5.41) is 8.30. The van der Waals surface area contributed by atoms with E-state index in [0.29, 0.717) is 0 Å². The molecule has 1 aliphatic rings. The highest BCUT2D eigenvalue weighted by Crippen LogP contribution is 2.26. The maximum Gasteiger partial charge on any atom is 0.0911 e. The first-order valence-corrected chi connectivity index (χ1v) is 4.63. The van der Waals surface area contributed by atoms with Crippen molar-refractivity contribution in [2.45, 2.75) is 12.8 Å². The standard InChI is InChI=1S/C7H10NP/c8-4-3-7-2-1-5-9-6-7/h3,9H,1-2,5-6H2. The fourth-order valence-corrected chi connectivity index (χ4v) is 2.20. The Bertz CT molecular complexity index is 147. The van der Waals surface area contributed by atoms with E-state index >= 15 is 0 Å². The third kappa shape index (κ3) is 2.16. The lowest BCUT2D eigenvalue weighted by molar-refractivity contribution is 0.894. The lowest BCUT2D eigenvalue weighted by atomic mass is 10.1. The number of rotatable bonds is 0. The summed E-state index contributed by atoms with van der Waals surface area (Å²) in [5.74, 6) is 0. The summed E-state index contributed by atoms with van der Waals surface area (Å²) in [6.07, 6.45) is 6.75. The fraction of sp³-hybridized carbons (Fsp3) is 0.571. The Morgan fingerprint density at radius 1 is 1.67 bits per heavy atom. The lowest BCUT2D eigenvalue weighted by Crippen LogP contribution is -1.95. The maximum absolute atomic E-state index is 8.30. The van der Waals surface area contributed by atoms with Crippen LogP contribution in [0, 0.1) is 11.3 Å². The second-order valence-corrected chi connectivity index (χ2v) is 3.57. The third-order valence-corrected chi connectivity index (χ3v) is 2.88. The molecular formula is C7H10NP. The zero-order valence-electron chi connectivity index (χ0n) is 5.35. The molecule has 1 fully saturated rings. The number of hydrogen-bond acceptors (Lipinski definition) is 1. The van der Waals surface area contributed by atoms with Gasteiger partial charge in [0.1, 0.15) is 0 Å². The molecule has 0 radical (unpaired) electrons. The van der Waals surface area contributed by atoms with E-state index in [1.807, 2.05) is 0 Å². The predicted molar refractivity (Wildman–Crippen MR) is 41.0 cm³/mol. The Balaban J connectivity index is 2.42. The molecule has 2 heteroatoms. The van der Waals surface area contributed by atoms with E-state index in [9.17, 15) is 0 Å². The maximum atomic E-state index is 8.30. The molecule has 0 bridgehead atoms. The molecule has 1 rings (SSSR count). The third-order valence-electron chi connectivity index (χ3n) is 1.47. The van der Waals surface area contributed by atoms with Gasteiger partial charge in [-0.25, -0.2) is 0 Å². The topological polar surface area (TPSA) is 23.8 Å². The molecule has 1 aliphatic heterocycles. The molecule has 0 aromatic carbocycles. The van der Waals surface area contributed by atoms with Crippen molar-refractivity contribution in [2.24, 2.45) is 0 Å². The Hall–Kier alpha value is -0.340. The molecule has 0 saturated carbocycles. The van der Waals surface area contributed by atoms with Gasteiger partial charge in [-0.15, -0.1) is 8.58 Å². The van der Waals surface area contributed by atoms with Gasteiger partial charge in [0.2, 0.25) is 0 Å². The zero-order chi connectivity index (χ0) is 6.53. The molecule has 0 spiro atoms. The van der Waals surface area contributed by atoms with Crippen LogP contribution in [0.4, 0.5) is 0 Å². The van der Waals surface area contributed by atoms with Crippen molar-refractivity contribution < 1.29 is 0 Å². The van der Waals surface area contributed by atoms with Crippen LogP contribution in [0.1, 0.15) is 12.8 Å². The van der Waals surface area contributed by atoms with E-state index in [4.69, 9.17) is 5.26 Å². The minimum absolute atomic E-state index is 1.07. The van der Waals surface area contributed by atoms with Crippen LogP contribution in [0.3, 0.4) is 0 Å². The Morgan fingerprint density at radius 3 is 3.11 bits per heavy atom. The summed E-state index contributed by atoms with van der Waals surface area (Å²) in [6, 6.07) is 2.08. The van der Waals surface area contributed by atoms with Crippen molar-refractivity contribution in [1.29, 1.82) is 5.26 Å². The molecule has 0 amide bonds. The van der Waals surface area contributed by atoms with Gasteiger partial charge in [0.15, 0.2) is 0 Å². The van der Waals surface area contributed by atoms with Crippen molar-refractivity contribution in [3.05, 3.63) is 11.6 Å². The van der Waals surface area contributed by atoms with Crippen LogP contribution < -0.4 is 0 Å². The number of hydrogen-bond donors (Lipinski definition) is 0. The van der Waals surface area contributed by atoms with Crippen molar-refractivity contribution >= 4 is 8.58 Å². The first-order valence-electron chi connectivity index (χ1n) is 3.22. The van der Waals surface area contributed by atoms with Crippen LogP contribution in [-0.2, 0) is 0 Å². The van der Waals surface area contributed by atoms with Crippen LogP contribution in [0.15, 0.2) is 11.6 Å². The van der Waals surface area contributed by atoms with Gasteiger partial charge in [0.05, 0.1) is 6.07 Å². The van der Waals surface area contributed by atoms with E-state index in [0.717, 1.165) is 8.58 Å².